The van der Waals surface area contributed by atoms with E-state index in [-0.39, 0.29) is 11.9 Å². The lowest BCUT2D eigenvalue weighted by Crippen LogP contribution is -2.31. The van der Waals surface area contributed by atoms with Gasteiger partial charge in [0.1, 0.15) is 0 Å². The Hall–Kier alpha value is -1.39. The predicted octanol–water partition coefficient (Wildman–Crippen LogP) is 1.01. The van der Waals surface area contributed by atoms with Crippen molar-refractivity contribution in [3.63, 3.8) is 0 Å². The standard InChI is InChI=1S/C13H18N2O2/c1-17-9-10-3-2-4-11(7-10)13(16)15-6-5-12(14)8-15/h2-4,7,12H,5-6,8-9,14H2,1H3/t12-/m1/s1. The van der Waals surface area contributed by atoms with Crippen molar-refractivity contribution in [1.29, 1.82) is 0 Å². The highest BCUT2D eigenvalue weighted by molar-refractivity contribution is 5.94. The van der Waals surface area contributed by atoms with Gasteiger partial charge in [0.15, 0.2) is 0 Å². The summed E-state index contributed by atoms with van der Waals surface area (Å²) in [6.07, 6.45) is 0.892. The maximum atomic E-state index is 12.2. The Morgan fingerprint density at radius 2 is 2.41 bits per heavy atom. The van der Waals surface area contributed by atoms with Crippen molar-refractivity contribution in [2.45, 2.75) is 19.1 Å². The molecule has 0 bridgehead atoms. The molecule has 4 nitrogen and oxygen atoms in total. The number of ether oxygens (including phenoxy) is 1. The lowest BCUT2D eigenvalue weighted by atomic mass is 10.1. The average molecular weight is 234 g/mol. The lowest BCUT2D eigenvalue weighted by Gasteiger charge is -2.16. The van der Waals surface area contributed by atoms with Crippen LogP contribution in [0.4, 0.5) is 0 Å². The number of carbonyl (C=O) groups is 1. The summed E-state index contributed by atoms with van der Waals surface area (Å²) in [6, 6.07) is 7.69. The molecule has 0 unspecified atom stereocenters. The van der Waals surface area contributed by atoms with E-state index in [4.69, 9.17) is 10.5 Å². The molecule has 17 heavy (non-hydrogen) atoms. The van der Waals surface area contributed by atoms with Gasteiger partial charge in [-0.15, -0.1) is 0 Å². The Labute approximate surface area is 101 Å². The van der Waals surface area contributed by atoms with Crippen LogP contribution >= 0.6 is 0 Å². The fourth-order valence-electron chi connectivity index (χ4n) is 2.12. The third-order valence-corrected chi connectivity index (χ3v) is 3.00. The molecule has 0 saturated carbocycles. The average Bonchev–Trinajstić information content (AvgIpc) is 2.76. The van der Waals surface area contributed by atoms with Gasteiger partial charge in [0.05, 0.1) is 6.61 Å². The molecule has 1 aliphatic heterocycles. The molecule has 0 aliphatic carbocycles. The first kappa shape index (κ1) is 12.1. The quantitative estimate of drug-likeness (QED) is 0.849. The van der Waals surface area contributed by atoms with Crippen molar-refractivity contribution in [3.8, 4) is 0 Å². The zero-order valence-corrected chi connectivity index (χ0v) is 10.1. The van der Waals surface area contributed by atoms with E-state index in [0.717, 1.165) is 18.5 Å². The number of hydrogen-bond acceptors (Lipinski definition) is 3. The maximum Gasteiger partial charge on any atom is 0.253 e. The second kappa shape index (κ2) is 5.29. The monoisotopic (exact) mass is 234 g/mol. The van der Waals surface area contributed by atoms with Crippen molar-refractivity contribution in [2.75, 3.05) is 20.2 Å². The zero-order chi connectivity index (χ0) is 12.3. The Kier molecular flexibility index (Phi) is 3.76. The molecule has 1 aromatic rings. The number of nitrogens with zero attached hydrogens (tertiary/aromatic N) is 1. The molecule has 1 heterocycles. The Balaban J connectivity index is 2.10. The number of likely N-dealkylation sites (tertiary alicyclic amines) is 1. The fourth-order valence-corrected chi connectivity index (χ4v) is 2.12. The highest BCUT2D eigenvalue weighted by Gasteiger charge is 2.24. The Morgan fingerprint density at radius 3 is 3.06 bits per heavy atom. The summed E-state index contributed by atoms with van der Waals surface area (Å²) < 4.78 is 5.06. The van der Waals surface area contributed by atoms with Gasteiger partial charge in [0.2, 0.25) is 0 Å². The molecule has 1 atom stereocenters. The molecular weight excluding hydrogens is 216 g/mol. The third-order valence-electron chi connectivity index (χ3n) is 3.00. The molecule has 1 aliphatic rings. The minimum absolute atomic E-state index is 0.0657. The van der Waals surface area contributed by atoms with Gasteiger partial charge in [-0.1, -0.05) is 12.1 Å². The number of nitrogens with two attached hydrogens (primary N) is 1. The van der Waals surface area contributed by atoms with Gasteiger partial charge < -0.3 is 15.4 Å². The van der Waals surface area contributed by atoms with Crippen LogP contribution in [0, 0.1) is 0 Å². The summed E-state index contributed by atoms with van der Waals surface area (Å²) in [5, 5.41) is 0. The molecule has 0 radical (unpaired) electrons. The van der Waals surface area contributed by atoms with Crippen LogP contribution in [0.25, 0.3) is 0 Å². The first-order valence-corrected chi connectivity index (χ1v) is 5.83. The van der Waals surface area contributed by atoms with Crippen LogP contribution in [-0.2, 0) is 11.3 Å². The molecule has 1 aromatic carbocycles. The topological polar surface area (TPSA) is 55.6 Å². The van der Waals surface area contributed by atoms with E-state index < -0.39 is 0 Å². The molecule has 2 N–H and O–H groups in total. The maximum absolute atomic E-state index is 12.2. The number of methoxy groups -OCH3 is 1. The number of hydrogen-bond donors (Lipinski definition) is 1. The number of benzene rings is 1. The molecule has 1 fully saturated rings. The smallest absolute Gasteiger partial charge is 0.253 e. The van der Waals surface area contributed by atoms with Crippen LogP contribution in [0.2, 0.25) is 0 Å². The largest absolute Gasteiger partial charge is 0.380 e. The summed E-state index contributed by atoms with van der Waals surface area (Å²) in [6.45, 7) is 1.95. The van der Waals surface area contributed by atoms with Crippen LogP contribution in [0.5, 0.6) is 0 Å². The van der Waals surface area contributed by atoms with Gasteiger partial charge in [-0.2, -0.15) is 0 Å². The third kappa shape index (κ3) is 2.84. The minimum atomic E-state index is 0.0657. The molecule has 0 spiro atoms. The summed E-state index contributed by atoms with van der Waals surface area (Å²) in [4.78, 5) is 14.0. The van der Waals surface area contributed by atoms with Crippen molar-refractivity contribution in [3.05, 3.63) is 35.4 Å². The predicted molar refractivity (Wildman–Crippen MR) is 65.7 cm³/mol. The second-order valence-electron chi connectivity index (χ2n) is 4.43. The highest BCUT2D eigenvalue weighted by atomic mass is 16.5. The molecule has 1 amide bonds. The van der Waals surface area contributed by atoms with Gasteiger partial charge in [-0.25, -0.2) is 0 Å². The normalized spacial score (nSPS) is 19.6. The van der Waals surface area contributed by atoms with Crippen molar-refractivity contribution in [2.24, 2.45) is 5.73 Å². The van der Waals surface area contributed by atoms with E-state index in [1.165, 1.54) is 0 Å². The number of rotatable bonds is 3. The summed E-state index contributed by atoms with van der Waals surface area (Å²) in [5.41, 5.74) is 7.54. The van der Waals surface area contributed by atoms with E-state index in [2.05, 4.69) is 0 Å². The van der Waals surface area contributed by atoms with Crippen LogP contribution in [-0.4, -0.2) is 37.0 Å². The van der Waals surface area contributed by atoms with E-state index in [9.17, 15) is 4.79 Å². The van der Waals surface area contributed by atoms with E-state index >= 15 is 0 Å². The van der Waals surface area contributed by atoms with E-state index in [0.29, 0.717) is 18.7 Å². The molecule has 4 heteroatoms. The first-order valence-electron chi connectivity index (χ1n) is 5.83. The van der Waals surface area contributed by atoms with Crippen LogP contribution < -0.4 is 5.73 Å². The Morgan fingerprint density at radius 1 is 1.59 bits per heavy atom. The van der Waals surface area contributed by atoms with E-state index in [1.807, 2.05) is 29.2 Å². The van der Waals surface area contributed by atoms with Crippen LogP contribution in [0.1, 0.15) is 22.3 Å². The first-order chi connectivity index (χ1) is 8.20. The summed E-state index contributed by atoms with van der Waals surface area (Å²) >= 11 is 0. The highest BCUT2D eigenvalue weighted by Crippen LogP contribution is 2.14. The van der Waals surface area contributed by atoms with Gasteiger partial charge in [0, 0.05) is 31.8 Å². The number of carbonyl (C=O) groups excluding carboxylic acids is 1. The van der Waals surface area contributed by atoms with E-state index in [1.54, 1.807) is 7.11 Å². The molecule has 0 aromatic heterocycles. The van der Waals surface area contributed by atoms with Gasteiger partial charge in [-0.05, 0) is 24.1 Å². The molecular formula is C13H18N2O2. The van der Waals surface area contributed by atoms with Gasteiger partial charge in [0.25, 0.3) is 5.91 Å². The van der Waals surface area contributed by atoms with Crippen molar-refractivity contribution >= 4 is 5.91 Å². The van der Waals surface area contributed by atoms with Gasteiger partial charge in [-0.3, -0.25) is 4.79 Å². The van der Waals surface area contributed by atoms with Crippen molar-refractivity contribution < 1.29 is 9.53 Å². The Bertz CT molecular complexity index is 406. The zero-order valence-electron chi connectivity index (χ0n) is 10.1. The summed E-state index contributed by atoms with van der Waals surface area (Å²) in [5.74, 6) is 0.0657. The van der Waals surface area contributed by atoms with Gasteiger partial charge >= 0.3 is 0 Å². The molecule has 1 saturated heterocycles. The number of amides is 1. The van der Waals surface area contributed by atoms with Crippen LogP contribution in [0.15, 0.2) is 24.3 Å². The molecule has 92 valence electrons. The fraction of sp³-hybridized carbons (Fsp3) is 0.462. The molecule has 2 rings (SSSR count). The lowest BCUT2D eigenvalue weighted by molar-refractivity contribution is 0.0790. The SMILES string of the molecule is COCc1cccc(C(=O)N2CC[C@@H](N)C2)c1. The van der Waals surface area contributed by atoms with Crippen LogP contribution in [0.3, 0.4) is 0 Å². The minimum Gasteiger partial charge on any atom is -0.380 e. The summed E-state index contributed by atoms with van der Waals surface area (Å²) in [7, 11) is 1.65. The second-order valence-corrected chi connectivity index (χ2v) is 4.43. The van der Waals surface area contributed by atoms with Crippen molar-refractivity contribution in [1.82, 2.24) is 4.90 Å².